The van der Waals surface area contributed by atoms with Crippen molar-refractivity contribution < 1.29 is 19.0 Å². The number of hydrogen-bond donors (Lipinski definition) is 2. The molecule has 0 unspecified atom stereocenters. The molecule has 0 spiro atoms. The number of rotatable bonds is 7. The van der Waals surface area contributed by atoms with Crippen LogP contribution in [-0.4, -0.2) is 32.2 Å². The van der Waals surface area contributed by atoms with Crippen LogP contribution in [-0.2, 0) is 0 Å². The number of thiophene rings is 1. The topological polar surface area (TPSA) is 95.7 Å². The Kier molecular flexibility index (Phi) is 6.89. The molecule has 2 heterocycles. The van der Waals surface area contributed by atoms with E-state index in [9.17, 15) is 4.79 Å². The number of hydrogen-bond acceptors (Lipinski definition) is 7. The summed E-state index contributed by atoms with van der Waals surface area (Å²) in [7, 11) is 4.74. The lowest BCUT2D eigenvalue weighted by molar-refractivity contribution is 0.103. The largest absolute Gasteiger partial charge is 0.497 e. The number of nitrogens with one attached hydrogen (secondary N) is 1. The average molecular weight is 526 g/mol. The minimum absolute atomic E-state index is 0.352. The van der Waals surface area contributed by atoms with Gasteiger partial charge in [0.25, 0.3) is 5.91 Å². The second-order valence-electron chi connectivity index (χ2n) is 8.69. The van der Waals surface area contributed by atoms with Gasteiger partial charge in [0.2, 0.25) is 0 Å². The van der Waals surface area contributed by atoms with Gasteiger partial charge in [-0.3, -0.25) is 4.79 Å². The highest BCUT2D eigenvalue weighted by molar-refractivity contribution is 7.21. The summed E-state index contributed by atoms with van der Waals surface area (Å²) in [5, 5.41) is 3.66. The second-order valence-corrected chi connectivity index (χ2v) is 9.69. The Morgan fingerprint density at radius 1 is 0.842 bits per heavy atom. The SMILES string of the molecule is COc1ccc(-c2cc(-c3ccc(C)cc3)nc3sc(C(=O)Nc4cc(OC)ccc4OC)c(N)c23)cc1. The smallest absolute Gasteiger partial charge is 0.268 e. The molecule has 0 aliphatic heterocycles. The molecule has 5 aromatic rings. The molecule has 2 aromatic heterocycles. The van der Waals surface area contributed by atoms with Crippen molar-refractivity contribution in [2.75, 3.05) is 32.4 Å². The zero-order chi connectivity index (χ0) is 26.8. The van der Waals surface area contributed by atoms with E-state index >= 15 is 0 Å². The molecule has 3 aromatic carbocycles. The van der Waals surface area contributed by atoms with Gasteiger partial charge >= 0.3 is 0 Å². The number of methoxy groups -OCH3 is 3. The monoisotopic (exact) mass is 525 g/mol. The van der Waals surface area contributed by atoms with Crippen LogP contribution in [0.4, 0.5) is 11.4 Å². The van der Waals surface area contributed by atoms with Gasteiger partial charge in [-0.05, 0) is 48.4 Å². The zero-order valence-electron chi connectivity index (χ0n) is 21.5. The lowest BCUT2D eigenvalue weighted by Gasteiger charge is -2.11. The number of carbonyl (C=O) groups is 1. The number of carbonyl (C=O) groups excluding carboxylic acids is 1. The molecule has 1 amide bonds. The first-order chi connectivity index (χ1) is 18.4. The number of anilines is 2. The molecule has 0 fully saturated rings. The number of nitrogens with zero attached hydrogens (tertiary/aromatic N) is 1. The van der Waals surface area contributed by atoms with Crippen LogP contribution in [0.25, 0.3) is 32.6 Å². The van der Waals surface area contributed by atoms with Crippen LogP contribution in [0.3, 0.4) is 0 Å². The van der Waals surface area contributed by atoms with E-state index in [0.29, 0.717) is 32.6 Å². The number of aromatic nitrogens is 1. The van der Waals surface area contributed by atoms with Crippen LogP contribution in [0.5, 0.6) is 17.2 Å². The number of aryl methyl sites for hydroxylation is 1. The molecule has 5 rings (SSSR count). The summed E-state index contributed by atoms with van der Waals surface area (Å²) < 4.78 is 16.1. The number of fused-ring (bicyclic) bond motifs is 1. The number of ether oxygens (including phenoxy) is 3. The maximum absolute atomic E-state index is 13.5. The number of pyridine rings is 1. The van der Waals surface area contributed by atoms with Crippen molar-refractivity contribution in [3.8, 4) is 39.6 Å². The van der Waals surface area contributed by atoms with Gasteiger partial charge in [0.1, 0.15) is 27.0 Å². The number of nitrogens with two attached hydrogens (primary N) is 1. The highest BCUT2D eigenvalue weighted by atomic mass is 32.1. The van der Waals surface area contributed by atoms with Crippen LogP contribution in [0.15, 0.2) is 72.8 Å². The van der Waals surface area contributed by atoms with Crippen molar-refractivity contribution in [1.29, 1.82) is 0 Å². The Hall–Kier alpha value is -4.56. The van der Waals surface area contributed by atoms with E-state index < -0.39 is 0 Å². The number of nitrogen functional groups attached to an aromatic ring is 1. The van der Waals surface area contributed by atoms with Crippen molar-refractivity contribution >= 4 is 38.8 Å². The fourth-order valence-corrected chi connectivity index (χ4v) is 5.27. The lowest BCUT2D eigenvalue weighted by atomic mass is 9.99. The molecule has 0 atom stereocenters. The molecule has 0 saturated heterocycles. The quantitative estimate of drug-likeness (QED) is 0.243. The summed E-state index contributed by atoms with van der Waals surface area (Å²) in [6.07, 6.45) is 0. The van der Waals surface area contributed by atoms with Gasteiger partial charge < -0.3 is 25.3 Å². The molecular weight excluding hydrogens is 498 g/mol. The van der Waals surface area contributed by atoms with Crippen molar-refractivity contribution in [2.24, 2.45) is 0 Å². The zero-order valence-corrected chi connectivity index (χ0v) is 22.3. The Morgan fingerprint density at radius 3 is 2.16 bits per heavy atom. The first-order valence-electron chi connectivity index (χ1n) is 11.9. The summed E-state index contributed by atoms with van der Waals surface area (Å²) in [6.45, 7) is 2.05. The standard InChI is InChI=1S/C30H27N3O4S/c1-17-5-7-19(8-6-17)23-16-22(18-9-11-20(35-2)12-10-18)26-27(31)28(38-30(26)33-23)29(34)32-24-15-21(36-3)13-14-25(24)37-4/h5-16H,31H2,1-4H3,(H,32,34). The maximum atomic E-state index is 13.5. The lowest BCUT2D eigenvalue weighted by Crippen LogP contribution is -2.13. The first kappa shape index (κ1) is 25.1. The molecule has 0 aliphatic carbocycles. The summed E-state index contributed by atoms with van der Waals surface area (Å²) in [6, 6.07) is 23.2. The number of benzene rings is 3. The third kappa shape index (κ3) is 4.73. The summed E-state index contributed by atoms with van der Waals surface area (Å²) in [4.78, 5) is 19.4. The third-order valence-electron chi connectivity index (χ3n) is 6.31. The molecule has 192 valence electrons. The molecule has 0 bridgehead atoms. The van der Waals surface area contributed by atoms with Crippen LogP contribution < -0.4 is 25.3 Å². The highest BCUT2D eigenvalue weighted by Crippen LogP contribution is 2.42. The van der Waals surface area contributed by atoms with E-state index in [1.165, 1.54) is 11.3 Å². The van der Waals surface area contributed by atoms with Crippen LogP contribution >= 0.6 is 11.3 Å². The van der Waals surface area contributed by atoms with E-state index in [4.69, 9.17) is 24.9 Å². The molecule has 7 nitrogen and oxygen atoms in total. The summed E-state index contributed by atoms with van der Waals surface area (Å²) in [5.41, 5.74) is 12.3. The minimum Gasteiger partial charge on any atom is -0.497 e. The van der Waals surface area contributed by atoms with Crippen LogP contribution in [0.2, 0.25) is 0 Å². The van der Waals surface area contributed by atoms with Gasteiger partial charge in [-0.15, -0.1) is 11.3 Å². The fourth-order valence-electron chi connectivity index (χ4n) is 4.25. The Morgan fingerprint density at radius 2 is 1.50 bits per heavy atom. The van der Waals surface area contributed by atoms with E-state index in [1.54, 1.807) is 39.5 Å². The van der Waals surface area contributed by atoms with Crippen molar-refractivity contribution in [2.45, 2.75) is 6.92 Å². The molecule has 0 aliphatic rings. The Bertz CT molecular complexity index is 1630. The van der Waals surface area contributed by atoms with Crippen molar-refractivity contribution in [3.63, 3.8) is 0 Å². The molecule has 3 N–H and O–H groups in total. The molecule has 0 saturated carbocycles. The Labute approximate surface area is 224 Å². The molecule has 8 heteroatoms. The summed E-state index contributed by atoms with van der Waals surface area (Å²) in [5.74, 6) is 1.51. The highest BCUT2D eigenvalue weighted by Gasteiger charge is 2.23. The van der Waals surface area contributed by atoms with Crippen LogP contribution in [0.1, 0.15) is 15.2 Å². The predicted molar refractivity (Wildman–Crippen MR) is 154 cm³/mol. The first-order valence-corrected chi connectivity index (χ1v) is 12.7. The fraction of sp³-hybridized carbons (Fsp3) is 0.133. The number of amides is 1. The van der Waals surface area contributed by atoms with Crippen molar-refractivity contribution in [1.82, 2.24) is 4.98 Å². The molecular formula is C30H27N3O4S. The van der Waals surface area contributed by atoms with Crippen LogP contribution in [0, 0.1) is 6.92 Å². The third-order valence-corrected chi connectivity index (χ3v) is 7.41. The normalized spacial score (nSPS) is 10.8. The van der Waals surface area contributed by atoms with E-state index in [2.05, 4.69) is 17.4 Å². The van der Waals surface area contributed by atoms with Gasteiger partial charge in [0, 0.05) is 17.0 Å². The van der Waals surface area contributed by atoms with Gasteiger partial charge in [0.15, 0.2) is 0 Å². The van der Waals surface area contributed by atoms with E-state index in [-0.39, 0.29) is 5.91 Å². The average Bonchev–Trinajstić information content (AvgIpc) is 3.29. The van der Waals surface area contributed by atoms with E-state index in [0.717, 1.165) is 39.1 Å². The van der Waals surface area contributed by atoms with Gasteiger partial charge in [-0.25, -0.2) is 4.98 Å². The summed E-state index contributed by atoms with van der Waals surface area (Å²) >= 11 is 1.26. The van der Waals surface area contributed by atoms with Gasteiger partial charge in [-0.1, -0.05) is 42.0 Å². The minimum atomic E-state index is -0.352. The van der Waals surface area contributed by atoms with Gasteiger partial charge in [0.05, 0.1) is 38.4 Å². The van der Waals surface area contributed by atoms with Crippen molar-refractivity contribution in [3.05, 3.63) is 83.2 Å². The maximum Gasteiger partial charge on any atom is 0.268 e. The molecule has 38 heavy (non-hydrogen) atoms. The second kappa shape index (κ2) is 10.4. The molecule has 0 radical (unpaired) electrons. The Balaban J connectivity index is 1.65. The predicted octanol–water partition coefficient (Wildman–Crippen LogP) is 6.80. The van der Waals surface area contributed by atoms with Gasteiger partial charge in [-0.2, -0.15) is 0 Å². The van der Waals surface area contributed by atoms with E-state index in [1.807, 2.05) is 49.4 Å².